The highest BCUT2D eigenvalue weighted by Gasteiger charge is 2.17. The minimum Gasteiger partial charge on any atom is -0.313 e. The fraction of sp³-hybridized carbons (Fsp3) is 0.500. The quantitative estimate of drug-likeness (QED) is 0.690. The van der Waals surface area contributed by atoms with Gasteiger partial charge in [0.05, 0.1) is 0 Å². The first kappa shape index (κ1) is 8.82. The molecule has 1 heterocycles. The molecule has 70 valence electrons. The number of nitrogens with one attached hydrogen (secondary N) is 1. The van der Waals surface area contributed by atoms with Crippen LogP contribution in [0.1, 0.15) is 37.2 Å². The van der Waals surface area contributed by atoms with E-state index in [-0.39, 0.29) is 5.56 Å². The van der Waals surface area contributed by atoms with Gasteiger partial charge in [0, 0.05) is 6.07 Å². The van der Waals surface area contributed by atoms with E-state index in [9.17, 15) is 4.79 Å². The highest BCUT2D eigenvalue weighted by atomic mass is 35.5. The summed E-state index contributed by atoms with van der Waals surface area (Å²) in [5.41, 5.74) is 1.01. The number of aromatic amines is 1. The van der Waals surface area contributed by atoms with Crippen molar-refractivity contribution in [2.45, 2.75) is 31.6 Å². The van der Waals surface area contributed by atoms with E-state index in [2.05, 4.69) is 4.98 Å². The highest BCUT2D eigenvalue weighted by molar-refractivity contribution is 6.29. The van der Waals surface area contributed by atoms with Crippen molar-refractivity contribution in [3.05, 3.63) is 33.2 Å². The van der Waals surface area contributed by atoms with Crippen LogP contribution >= 0.6 is 11.6 Å². The average molecular weight is 198 g/mol. The Morgan fingerprint density at radius 1 is 1.31 bits per heavy atom. The highest BCUT2D eigenvalue weighted by Crippen LogP contribution is 2.33. The van der Waals surface area contributed by atoms with E-state index in [0.717, 1.165) is 5.56 Å². The summed E-state index contributed by atoms with van der Waals surface area (Å²) in [6.45, 7) is 0. The number of hydrogen-bond donors (Lipinski definition) is 1. The van der Waals surface area contributed by atoms with Crippen molar-refractivity contribution in [1.82, 2.24) is 4.98 Å². The maximum absolute atomic E-state index is 11.1. The monoisotopic (exact) mass is 197 g/mol. The fourth-order valence-corrected chi connectivity index (χ4v) is 2.24. The van der Waals surface area contributed by atoms with E-state index in [1.807, 2.05) is 6.07 Å². The lowest BCUT2D eigenvalue weighted by Crippen LogP contribution is -2.07. The predicted octanol–water partition coefficient (Wildman–Crippen LogP) is 2.69. The number of aromatic nitrogens is 1. The Labute approximate surface area is 81.9 Å². The van der Waals surface area contributed by atoms with Gasteiger partial charge in [-0.2, -0.15) is 0 Å². The van der Waals surface area contributed by atoms with Crippen LogP contribution in [0.25, 0.3) is 0 Å². The zero-order chi connectivity index (χ0) is 9.26. The predicted molar refractivity (Wildman–Crippen MR) is 53.3 cm³/mol. The van der Waals surface area contributed by atoms with Crippen LogP contribution in [0.15, 0.2) is 16.9 Å². The standard InChI is InChI=1S/C10H12ClNO/c11-9-5-8(6-10(13)12-9)7-3-1-2-4-7/h5-7H,1-4H2,(H,12,13). The Morgan fingerprint density at radius 3 is 2.62 bits per heavy atom. The Morgan fingerprint density at radius 2 is 2.00 bits per heavy atom. The Bertz CT molecular complexity index is 352. The van der Waals surface area contributed by atoms with Crippen LogP contribution in [0.2, 0.25) is 5.15 Å². The van der Waals surface area contributed by atoms with E-state index >= 15 is 0 Å². The number of hydrogen-bond acceptors (Lipinski definition) is 1. The second kappa shape index (κ2) is 3.54. The van der Waals surface area contributed by atoms with E-state index in [4.69, 9.17) is 11.6 Å². The van der Waals surface area contributed by atoms with Gasteiger partial charge in [-0.3, -0.25) is 4.79 Å². The molecule has 2 nitrogen and oxygen atoms in total. The summed E-state index contributed by atoms with van der Waals surface area (Å²) in [5.74, 6) is 0.555. The largest absolute Gasteiger partial charge is 0.313 e. The second-order valence-corrected chi connectivity index (χ2v) is 4.01. The molecule has 0 unspecified atom stereocenters. The molecule has 13 heavy (non-hydrogen) atoms. The molecule has 0 saturated heterocycles. The van der Waals surface area contributed by atoms with Gasteiger partial charge >= 0.3 is 0 Å². The molecule has 0 radical (unpaired) electrons. The van der Waals surface area contributed by atoms with Gasteiger partial charge in [-0.25, -0.2) is 0 Å². The summed E-state index contributed by atoms with van der Waals surface area (Å²) in [4.78, 5) is 13.7. The molecule has 3 heteroatoms. The minimum absolute atomic E-state index is 0.0885. The van der Waals surface area contributed by atoms with E-state index in [1.165, 1.54) is 25.7 Å². The molecule has 1 aromatic rings. The summed E-state index contributed by atoms with van der Waals surface area (Å²) in [6.07, 6.45) is 4.93. The first-order valence-electron chi connectivity index (χ1n) is 4.65. The summed E-state index contributed by atoms with van der Waals surface area (Å²) in [6, 6.07) is 3.54. The molecule has 1 saturated carbocycles. The molecule has 1 fully saturated rings. The van der Waals surface area contributed by atoms with Crippen molar-refractivity contribution in [2.75, 3.05) is 0 Å². The second-order valence-electron chi connectivity index (χ2n) is 3.61. The molecular weight excluding hydrogens is 186 g/mol. The van der Waals surface area contributed by atoms with Gasteiger partial charge in [0.1, 0.15) is 5.15 Å². The molecule has 0 spiro atoms. The molecule has 0 aromatic carbocycles. The van der Waals surface area contributed by atoms with Crippen LogP contribution in [0, 0.1) is 0 Å². The number of halogens is 1. The molecule has 1 aromatic heterocycles. The van der Waals surface area contributed by atoms with Crippen molar-refractivity contribution in [3.8, 4) is 0 Å². The van der Waals surface area contributed by atoms with Crippen molar-refractivity contribution in [3.63, 3.8) is 0 Å². The number of pyridine rings is 1. The summed E-state index contributed by atoms with van der Waals surface area (Å²) < 4.78 is 0. The zero-order valence-electron chi connectivity index (χ0n) is 7.35. The van der Waals surface area contributed by atoms with Crippen LogP contribution in [0.3, 0.4) is 0 Å². The molecule has 0 atom stereocenters. The first-order chi connectivity index (χ1) is 6.25. The maximum Gasteiger partial charge on any atom is 0.249 e. The zero-order valence-corrected chi connectivity index (χ0v) is 8.10. The summed E-state index contributed by atoms with van der Waals surface area (Å²) in [7, 11) is 0. The van der Waals surface area contributed by atoms with Crippen LogP contribution in [0.4, 0.5) is 0 Å². The molecular formula is C10H12ClNO. The molecule has 0 amide bonds. The van der Waals surface area contributed by atoms with Gasteiger partial charge in [-0.15, -0.1) is 0 Å². The fourth-order valence-electron chi connectivity index (χ4n) is 2.02. The normalized spacial score (nSPS) is 17.9. The van der Waals surface area contributed by atoms with Crippen molar-refractivity contribution < 1.29 is 0 Å². The summed E-state index contributed by atoms with van der Waals surface area (Å²) >= 11 is 5.77. The molecule has 1 N–H and O–H groups in total. The first-order valence-corrected chi connectivity index (χ1v) is 5.03. The SMILES string of the molecule is O=c1cc(C2CCCC2)cc(Cl)[nH]1. The molecule has 2 rings (SSSR count). The van der Waals surface area contributed by atoms with Crippen molar-refractivity contribution in [2.24, 2.45) is 0 Å². The smallest absolute Gasteiger partial charge is 0.249 e. The van der Waals surface area contributed by atoms with Crippen LogP contribution in [-0.4, -0.2) is 4.98 Å². The van der Waals surface area contributed by atoms with Crippen LogP contribution in [0.5, 0.6) is 0 Å². The van der Waals surface area contributed by atoms with Gasteiger partial charge in [-0.1, -0.05) is 24.4 Å². The molecule has 0 aliphatic heterocycles. The average Bonchev–Trinajstić information content (AvgIpc) is 2.53. The number of rotatable bonds is 1. The Balaban J connectivity index is 2.33. The maximum atomic E-state index is 11.1. The van der Waals surface area contributed by atoms with E-state index in [0.29, 0.717) is 11.1 Å². The van der Waals surface area contributed by atoms with Crippen LogP contribution < -0.4 is 5.56 Å². The lowest BCUT2D eigenvalue weighted by molar-refractivity contribution is 0.720. The van der Waals surface area contributed by atoms with Crippen molar-refractivity contribution in [1.29, 1.82) is 0 Å². The third-order valence-corrected chi connectivity index (χ3v) is 2.86. The lowest BCUT2D eigenvalue weighted by atomic mass is 9.99. The van der Waals surface area contributed by atoms with Gasteiger partial charge in [0.2, 0.25) is 5.56 Å². The minimum atomic E-state index is -0.0885. The van der Waals surface area contributed by atoms with Crippen molar-refractivity contribution >= 4 is 11.6 Å². The van der Waals surface area contributed by atoms with Crippen LogP contribution in [-0.2, 0) is 0 Å². The van der Waals surface area contributed by atoms with E-state index in [1.54, 1.807) is 6.07 Å². The Hall–Kier alpha value is -0.760. The third kappa shape index (κ3) is 1.94. The van der Waals surface area contributed by atoms with Gasteiger partial charge in [0.15, 0.2) is 0 Å². The molecule has 1 aliphatic carbocycles. The molecule has 0 bridgehead atoms. The third-order valence-electron chi connectivity index (χ3n) is 2.66. The summed E-state index contributed by atoms with van der Waals surface area (Å²) in [5, 5.41) is 0.453. The number of H-pyrrole nitrogens is 1. The van der Waals surface area contributed by atoms with E-state index < -0.39 is 0 Å². The molecule has 1 aliphatic rings. The Kier molecular flexibility index (Phi) is 2.40. The van der Waals surface area contributed by atoms with Gasteiger partial charge in [0.25, 0.3) is 0 Å². The van der Waals surface area contributed by atoms with Gasteiger partial charge < -0.3 is 4.98 Å². The lowest BCUT2D eigenvalue weighted by Gasteiger charge is -2.08. The van der Waals surface area contributed by atoms with Gasteiger partial charge in [-0.05, 0) is 30.4 Å². The topological polar surface area (TPSA) is 32.9 Å².